The van der Waals surface area contributed by atoms with Crippen LogP contribution in [-0.2, 0) is 0 Å². The predicted octanol–water partition coefficient (Wildman–Crippen LogP) is 2.70. The van der Waals surface area contributed by atoms with Crippen LogP contribution in [0.15, 0.2) is 18.5 Å². The Morgan fingerprint density at radius 1 is 1.40 bits per heavy atom. The van der Waals surface area contributed by atoms with E-state index in [-0.39, 0.29) is 11.3 Å². The molecule has 20 heavy (non-hydrogen) atoms. The number of nitrogen functional groups attached to an aromatic ring is 1. The van der Waals surface area contributed by atoms with Crippen molar-refractivity contribution in [2.75, 3.05) is 12.0 Å². The minimum atomic E-state index is -0.121. The van der Waals surface area contributed by atoms with Crippen molar-refractivity contribution in [3.05, 3.63) is 24.0 Å². The molecule has 5 nitrogen and oxygen atoms in total. The Balaban J connectivity index is 2.54. The van der Waals surface area contributed by atoms with E-state index in [1.165, 1.54) is 19.3 Å². The average molecular weight is 278 g/mol. The Morgan fingerprint density at radius 3 is 2.80 bits per heavy atom. The quantitative estimate of drug-likeness (QED) is 0.388. The molecule has 0 spiro atoms. The maximum absolute atomic E-state index is 12.2. The number of hydrogen-bond donors (Lipinski definition) is 3. The maximum atomic E-state index is 12.2. The number of rotatable bonds is 8. The third-order valence-electron chi connectivity index (χ3n) is 3.41. The lowest BCUT2D eigenvalue weighted by Gasteiger charge is -2.25. The number of pyridine rings is 1. The Morgan fingerprint density at radius 2 is 2.15 bits per heavy atom. The molecular weight excluding hydrogens is 252 g/mol. The molecule has 1 heterocycles. The van der Waals surface area contributed by atoms with Crippen LogP contribution in [-0.4, -0.2) is 17.4 Å². The number of carbonyl (C=O) groups is 1. The molecule has 0 aliphatic rings. The van der Waals surface area contributed by atoms with Crippen LogP contribution < -0.4 is 16.6 Å². The van der Waals surface area contributed by atoms with E-state index in [1.54, 1.807) is 18.5 Å². The highest BCUT2D eigenvalue weighted by atomic mass is 16.1. The molecule has 0 aliphatic carbocycles. The molecule has 0 aromatic carbocycles. The number of anilines is 1. The van der Waals surface area contributed by atoms with E-state index in [9.17, 15) is 4.79 Å². The highest BCUT2D eigenvalue weighted by molar-refractivity contribution is 5.99. The predicted molar refractivity (Wildman–Crippen MR) is 82.3 cm³/mol. The molecule has 1 aromatic rings. The fourth-order valence-electron chi connectivity index (χ4n) is 2.06. The fraction of sp³-hybridized carbons (Fsp3) is 0.600. The zero-order chi connectivity index (χ0) is 15.0. The summed E-state index contributed by atoms with van der Waals surface area (Å²) < 4.78 is 0. The number of aromatic nitrogens is 1. The van der Waals surface area contributed by atoms with Gasteiger partial charge < -0.3 is 10.7 Å². The third kappa shape index (κ3) is 5.17. The summed E-state index contributed by atoms with van der Waals surface area (Å²) in [4.78, 5) is 16.1. The highest BCUT2D eigenvalue weighted by Gasteiger charge is 2.19. The first-order chi connectivity index (χ1) is 9.50. The van der Waals surface area contributed by atoms with E-state index in [1.807, 2.05) is 0 Å². The average Bonchev–Trinajstić information content (AvgIpc) is 2.45. The van der Waals surface area contributed by atoms with Crippen molar-refractivity contribution in [3.63, 3.8) is 0 Å². The van der Waals surface area contributed by atoms with Gasteiger partial charge in [0.25, 0.3) is 5.91 Å². The van der Waals surface area contributed by atoms with Crippen molar-refractivity contribution in [3.8, 4) is 0 Å². The van der Waals surface area contributed by atoms with Gasteiger partial charge in [0.1, 0.15) is 0 Å². The van der Waals surface area contributed by atoms with Gasteiger partial charge in [0.15, 0.2) is 0 Å². The van der Waals surface area contributed by atoms with Crippen LogP contribution in [0.3, 0.4) is 0 Å². The molecule has 0 unspecified atom stereocenters. The van der Waals surface area contributed by atoms with Crippen LogP contribution in [0.5, 0.6) is 0 Å². The number of unbranched alkanes of at least 4 members (excludes halogenated alkanes) is 2. The Hall–Kier alpha value is -1.62. The normalized spacial score (nSPS) is 11.2. The smallest absolute Gasteiger partial charge is 0.253 e. The second-order valence-corrected chi connectivity index (χ2v) is 5.87. The number of nitrogens with zero attached hydrogens (tertiary/aromatic N) is 1. The standard InChI is InChI=1S/C15H26N4O/c1-4-5-6-8-15(2,3)11-18-14(20)12-7-9-17-10-13(12)19-16/h7,9-10,19H,4-6,8,11,16H2,1-3H3,(H,18,20). The molecule has 0 saturated carbocycles. The van der Waals surface area contributed by atoms with E-state index in [0.29, 0.717) is 17.8 Å². The molecule has 0 atom stereocenters. The largest absolute Gasteiger partial charge is 0.351 e. The van der Waals surface area contributed by atoms with E-state index < -0.39 is 0 Å². The molecule has 0 fully saturated rings. The van der Waals surface area contributed by atoms with Crippen LogP contribution in [0.1, 0.15) is 56.8 Å². The third-order valence-corrected chi connectivity index (χ3v) is 3.41. The maximum Gasteiger partial charge on any atom is 0.253 e. The molecule has 4 N–H and O–H groups in total. The number of nitrogens with two attached hydrogens (primary N) is 1. The number of carbonyl (C=O) groups excluding carboxylic acids is 1. The number of amides is 1. The first kappa shape index (κ1) is 16.4. The lowest BCUT2D eigenvalue weighted by molar-refractivity contribution is 0.0934. The highest BCUT2D eigenvalue weighted by Crippen LogP contribution is 2.23. The molecule has 1 aromatic heterocycles. The van der Waals surface area contributed by atoms with Crippen molar-refractivity contribution in [1.82, 2.24) is 10.3 Å². The minimum absolute atomic E-state index is 0.105. The van der Waals surface area contributed by atoms with E-state index in [4.69, 9.17) is 5.84 Å². The summed E-state index contributed by atoms with van der Waals surface area (Å²) in [5, 5.41) is 2.98. The van der Waals surface area contributed by atoms with Crippen molar-refractivity contribution < 1.29 is 4.79 Å². The van der Waals surface area contributed by atoms with Crippen molar-refractivity contribution in [2.45, 2.75) is 46.5 Å². The fourth-order valence-corrected chi connectivity index (χ4v) is 2.06. The summed E-state index contributed by atoms with van der Waals surface area (Å²) in [7, 11) is 0. The molecular formula is C15H26N4O. The second-order valence-electron chi connectivity index (χ2n) is 5.87. The molecule has 0 radical (unpaired) electrons. The molecule has 112 valence electrons. The lowest BCUT2D eigenvalue weighted by atomic mass is 9.87. The van der Waals surface area contributed by atoms with Crippen LogP contribution in [0.25, 0.3) is 0 Å². The van der Waals surface area contributed by atoms with E-state index >= 15 is 0 Å². The van der Waals surface area contributed by atoms with Gasteiger partial charge in [0.05, 0.1) is 17.4 Å². The summed E-state index contributed by atoms with van der Waals surface area (Å²) in [6.07, 6.45) is 7.89. The van der Waals surface area contributed by atoms with Gasteiger partial charge in [-0.3, -0.25) is 15.6 Å². The van der Waals surface area contributed by atoms with E-state index in [2.05, 4.69) is 36.5 Å². The van der Waals surface area contributed by atoms with Crippen LogP contribution in [0.4, 0.5) is 5.69 Å². The van der Waals surface area contributed by atoms with Crippen LogP contribution in [0, 0.1) is 5.41 Å². The summed E-state index contributed by atoms with van der Waals surface area (Å²) in [5.74, 6) is 5.26. The van der Waals surface area contributed by atoms with Gasteiger partial charge in [-0.05, 0) is 17.9 Å². The van der Waals surface area contributed by atoms with Crippen LogP contribution in [0.2, 0.25) is 0 Å². The lowest BCUT2D eigenvalue weighted by Crippen LogP contribution is -2.34. The zero-order valence-electron chi connectivity index (χ0n) is 12.7. The zero-order valence-corrected chi connectivity index (χ0v) is 12.7. The van der Waals surface area contributed by atoms with E-state index in [0.717, 1.165) is 6.42 Å². The van der Waals surface area contributed by atoms with Crippen molar-refractivity contribution in [1.29, 1.82) is 0 Å². The summed E-state index contributed by atoms with van der Waals surface area (Å²) >= 11 is 0. The Labute approximate surface area is 121 Å². The number of nitrogens with one attached hydrogen (secondary N) is 2. The molecule has 0 aliphatic heterocycles. The molecule has 1 rings (SSSR count). The van der Waals surface area contributed by atoms with Crippen LogP contribution >= 0.6 is 0 Å². The van der Waals surface area contributed by atoms with Gasteiger partial charge in [0, 0.05) is 12.7 Å². The first-order valence-electron chi connectivity index (χ1n) is 7.19. The number of hydrogen-bond acceptors (Lipinski definition) is 4. The molecule has 0 saturated heterocycles. The van der Waals surface area contributed by atoms with Crippen molar-refractivity contribution in [2.24, 2.45) is 11.3 Å². The SMILES string of the molecule is CCCCCC(C)(C)CNC(=O)c1ccncc1NN. The summed E-state index contributed by atoms with van der Waals surface area (Å²) in [5.41, 5.74) is 3.65. The number of hydrazine groups is 1. The van der Waals surface area contributed by atoms with Gasteiger partial charge >= 0.3 is 0 Å². The summed E-state index contributed by atoms with van der Waals surface area (Å²) in [6.45, 7) is 7.20. The first-order valence-corrected chi connectivity index (χ1v) is 7.19. The topological polar surface area (TPSA) is 80.0 Å². The molecule has 1 amide bonds. The van der Waals surface area contributed by atoms with Gasteiger partial charge in [-0.25, -0.2) is 0 Å². The minimum Gasteiger partial charge on any atom is -0.351 e. The Kier molecular flexibility index (Phi) is 6.45. The van der Waals surface area contributed by atoms with Gasteiger partial charge in [-0.1, -0.05) is 40.0 Å². The second kappa shape index (κ2) is 7.85. The summed E-state index contributed by atoms with van der Waals surface area (Å²) in [6, 6.07) is 1.66. The molecule has 5 heteroatoms. The van der Waals surface area contributed by atoms with Gasteiger partial charge in [0.2, 0.25) is 0 Å². The monoisotopic (exact) mass is 278 g/mol. The Bertz CT molecular complexity index is 432. The van der Waals surface area contributed by atoms with Gasteiger partial charge in [-0.15, -0.1) is 0 Å². The van der Waals surface area contributed by atoms with Crippen molar-refractivity contribution >= 4 is 11.6 Å². The van der Waals surface area contributed by atoms with Gasteiger partial charge in [-0.2, -0.15) is 0 Å². The molecule has 0 bridgehead atoms.